The number of aliphatic hydroxyl groups excluding tert-OH is 1. The van der Waals surface area contributed by atoms with Crippen LogP contribution >= 0.6 is 0 Å². The van der Waals surface area contributed by atoms with Crippen molar-refractivity contribution < 1.29 is 49.7 Å². The maximum Gasteiger partial charge on any atom is 1.00 e. The Kier molecular flexibility index (Phi) is 10.7. The third kappa shape index (κ3) is 8.83. The van der Waals surface area contributed by atoms with E-state index in [1.165, 1.54) is 5.56 Å². The smallest absolute Gasteiger partial charge is 0.550 e. The Hall–Kier alpha value is -0.650. The maximum absolute atomic E-state index is 10.8. The normalized spacial score (nSPS) is 24.2. The molecule has 138 valence electrons. The average molecular weight is 368 g/mol. The first kappa shape index (κ1) is 23.4. The molecule has 1 fully saturated rings. The van der Waals surface area contributed by atoms with Crippen molar-refractivity contribution in [3.05, 3.63) is 48.0 Å². The van der Waals surface area contributed by atoms with Crippen molar-refractivity contribution in [1.29, 1.82) is 0 Å². The van der Waals surface area contributed by atoms with Gasteiger partial charge >= 0.3 is 29.6 Å². The van der Waals surface area contributed by atoms with E-state index in [9.17, 15) is 20.1 Å². The zero-order valence-electron chi connectivity index (χ0n) is 15.8. The van der Waals surface area contributed by atoms with Crippen molar-refractivity contribution in [2.24, 2.45) is 5.92 Å². The van der Waals surface area contributed by atoms with Gasteiger partial charge in [-0.25, -0.2) is 0 Å². The summed E-state index contributed by atoms with van der Waals surface area (Å²) in [4.78, 5) is 10.8. The first-order valence-electron chi connectivity index (χ1n) is 9.29. The molecule has 5 heteroatoms. The van der Waals surface area contributed by atoms with Gasteiger partial charge in [-0.05, 0) is 56.4 Å². The summed E-state index contributed by atoms with van der Waals surface area (Å²) < 4.78 is 0. The van der Waals surface area contributed by atoms with Crippen LogP contribution in [0.2, 0.25) is 0 Å². The molecule has 0 bridgehead atoms. The van der Waals surface area contributed by atoms with Crippen LogP contribution in [0, 0.1) is 5.92 Å². The molecule has 2 N–H and O–H groups in total. The van der Waals surface area contributed by atoms with Crippen molar-refractivity contribution in [2.45, 2.75) is 69.5 Å². The molecule has 0 radical (unpaired) electrons. The van der Waals surface area contributed by atoms with Crippen LogP contribution in [0.15, 0.2) is 42.5 Å². The van der Waals surface area contributed by atoms with Gasteiger partial charge in [0.05, 0.1) is 11.7 Å². The van der Waals surface area contributed by atoms with Gasteiger partial charge in [-0.15, -0.1) is 0 Å². The Morgan fingerprint density at radius 2 is 2.04 bits per heavy atom. The van der Waals surface area contributed by atoms with E-state index < -0.39 is 17.7 Å². The van der Waals surface area contributed by atoms with E-state index in [0.717, 1.165) is 38.5 Å². The Labute approximate surface area is 178 Å². The van der Waals surface area contributed by atoms with Gasteiger partial charge in [0.1, 0.15) is 0 Å². The monoisotopic (exact) mass is 368 g/mol. The van der Waals surface area contributed by atoms with Crippen molar-refractivity contribution in [3.8, 4) is 0 Å². The number of carbonyl (C=O) groups is 1. The van der Waals surface area contributed by atoms with E-state index in [1.807, 2.05) is 24.3 Å². The van der Waals surface area contributed by atoms with Crippen LogP contribution in [0.4, 0.5) is 0 Å². The van der Waals surface area contributed by atoms with Gasteiger partial charge in [0.2, 0.25) is 0 Å². The fourth-order valence-electron chi connectivity index (χ4n) is 3.69. The third-order valence-electron chi connectivity index (χ3n) is 5.00. The molecule has 0 saturated heterocycles. The number of aliphatic hydroxyl groups is 2. The second-order valence-electron chi connectivity index (χ2n) is 7.31. The summed E-state index contributed by atoms with van der Waals surface area (Å²) in [6.07, 6.45) is 9.37. The summed E-state index contributed by atoms with van der Waals surface area (Å²) in [5, 5.41) is 31.2. The second kappa shape index (κ2) is 11.9. The first-order valence-corrected chi connectivity index (χ1v) is 9.29. The number of carboxylic acids is 1. The summed E-state index contributed by atoms with van der Waals surface area (Å²) in [7, 11) is 0. The van der Waals surface area contributed by atoms with Gasteiger partial charge in [-0.1, -0.05) is 48.9 Å². The maximum atomic E-state index is 10.8. The predicted molar refractivity (Wildman–Crippen MR) is 95.7 cm³/mol. The molecule has 3 atom stereocenters. The van der Waals surface area contributed by atoms with E-state index in [-0.39, 0.29) is 41.9 Å². The van der Waals surface area contributed by atoms with E-state index in [0.29, 0.717) is 12.8 Å². The Bertz CT molecular complexity index is 560. The number of rotatable bonds is 9. The van der Waals surface area contributed by atoms with E-state index in [2.05, 4.69) is 12.1 Å². The molecule has 0 unspecified atom stereocenters. The number of aliphatic carboxylic acids is 1. The zero-order valence-corrected chi connectivity index (χ0v) is 17.8. The molecule has 0 aromatic heterocycles. The standard InChI is InChI=1S/C21H30O4.Na/c22-19(11-5-4-9-17-7-2-1-3-8-17)13-12-18-10-6-14-21(25,15-18)16-20(23)24;/h1-3,7-8,12-13,18-19,22,25H,4-6,9-11,14-16H2,(H,23,24);/q;+1/p-1/b13-12+;/t18-,19-,21+;/m1./s1. The van der Waals surface area contributed by atoms with Gasteiger partial charge in [-0.3, -0.25) is 0 Å². The SMILES string of the molecule is O=C([O-])C[C@]1(O)CCC[C@H](/C=C/[C@H](O)CCCCc2ccccc2)C1.[Na+]. The fourth-order valence-corrected chi connectivity index (χ4v) is 3.69. The van der Waals surface area contributed by atoms with Crippen LogP contribution in [-0.4, -0.2) is 27.9 Å². The van der Waals surface area contributed by atoms with Gasteiger partial charge in [0.15, 0.2) is 0 Å². The largest absolute Gasteiger partial charge is 1.00 e. The molecule has 0 spiro atoms. The molecule has 0 heterocycles. The minimum atomic E-state index is -1.20. The molecule has 1 saturated carbocycles. The molecule has 2 rings (SSSR count). The topological polar surface area (TPSA) is 80.6 Å². The number of allylic oxidation sites excluding steroid dienone is 1. The van der Waals surface area contributed by atoms with E-state index in [1.54, 1.807) is 6.08 Å². The number of carboxylic acid groups (broad SMARTS) is 1. The van der Waals surface area contributed by atoms with E-state index in [4.69, 9.17) is 0 Å². The number of aryl methyl sites for hydroxylation is 1. The van der Waals surface area contributed by atoms with Gasteiger partial charge in [-0.2, -0.15) is 0 Å². The van der Waals surface area contributed by atoms with E-state index >= 15 is 0 Å². The Morgan fingerprint density at radius 3 is 2.73 bits per heavy atom. The summed E-state index contributed by atoms with van der Waals surface area (Å²) in [5.41, 5.74) is 0.161. The molecule has 4 nitrogen and oxygen atoms in total. The number of benzene rings is 1. The molecule has 0 amide bonds. The summed E-state index contributed by atoms with van der Waals surface area (Å²) in [6.45, 7) is 0. The number of hydrogen-bond donors (Lipinski definition) is 2. The van der Waals surface area contributed by atoms with Gasteiger partial charge in [0.25, 0.3) is 0 Å². The summed E-state index contributed by atoms with van der Waals surface area (Å²) >= 11 is 0. The van der Waals surface area contributed by atoms with Crippen LogP contribution in [-0.2, 0) is 11.2 Å². The van der Waals surface area contributed by atoms with Gasteiger partial charge in [0, 0.05) is 12.4 Å². The molecule has 1 aliphatic rings. The first-order chi connectivity index (χ1) is 12.0. The summed E-state index contributed by atoms with van der Waals surface area (Å²) in [6, 6.07) is 10.3. The van der Waals surface area contributed by atoms with Crippen LogP contribution in [0.25, 0.3) is 0 Å². The second-order valence-corrected chi connectivity index (χ2v) is 7.31. The van der Waals surface area contributed by atoms with Crippen LogP contribution < -0.4 is 34.7 Å². The molecule has 0 aliphatic heterocycles. The predicted octanol–water partition coefficient (Wildman–Crippen LogP) is -0.618. The Morgan fingerprint density at radius 1 is 1.31 bits per heavy atom. The van der Waals surface area contributed by atoms with Crippen molar-refractivity contribution in [3.63, 3.8) is 0 Å². The van der Waals surface area contributed by atoms with Crippen LogP contribution in [0.1, 0.15) is 56.9 Å². The third-order valence-corrected chi connectivity index (χ3v) is 5.00. The van der Waals surface area contributed by atoms with Crippen molar-refractivity contribution in [1.82, 2.24) is 0 Å². The molecular formula is C21H29NaO4. The minimum absolute atomic E-state index is 0. The molecular weight excluding hydrogens is 339 g/mol. The number of hydrogen-bond acceptors (Lipinski definition) is 4. The number of carbonyl (C=O) groups excluding carboxylic acids is 1. The fraction of sp³-hybridized carbons (Fsp3) is 0.571. The zero-order chi connectivity index (χ0) is 18.1. The number of unbranched alkanes of at least 4 members (excludes halogenated alkanes) is 1. The molecule has 1 aromatic carbocycles. The molecule has 1 aromatic rings. The van der Waals surface area contributed by atoms with Crippen LogP contribution in [0.5, 0.6) is 0 Å². The molecule has 26 heavy (non-hydrogen) atoms. The minimum Gasteiger partial charge on any atom is -0.550 e. The quantitative estimate of drug-likeness (QED) is 0.346. The summed E-state index contributed by atoms with van der Waals surface area (Å²) in [5.74, 6) is -1.08. The molecule has 1 aliphatic carbocycles. The van der Waals surface area contributed by atoms with Gasteiger partial charge < -0.3 is 20.1 Å². The Balaban J connectivity index is 0.00000338. The van der Waals surface area contributed by atoms with Crippen molar-refractivity contribution >= 4 is 5.97 Å². The van der Waals surface area contributed by atoms with Crippen molar-refractivity contribution in [2.75, 3.05) is 0 Å². The average Bonchev–Trinajstić information content (AvgIpc) is 2.57. The van der Waals surface area contributed by atoms with Crippen LogP contribution in [0.3, 0.4) is 0 Å².